The molecule has 0 aliphatic rings. The second kappa shape index (κ2) is 10.6. The third-order valence-electron chi connectivity index (χ3n) is 3.90. The number of benzene rings is 2. The van der Waals surface area contributed by atoms with Crippen LogP contribution in [0, 0.1) is 0 Å². The van der Waals surface area contributed by atoms with E-state index < -0.39 is 30.4 Å². The van der Waals surface area contributed by atoms with Gasteiger partial charge in [-0.25, -0.2) is 0 Å². The molecule has 0 saturated heterocycles. The van der Waals surface area contributed by atoms with Gasteiger partial charge >= 0.3 is 5.97 Å². The highest BCUT2D eigenvalue weighted by molar-refractivity contribution is 5.99. The Labute approximate surface area is 173 Å². The number of esters is 1. The van der Waals surface area contributed by atoms with E-state index in [1.165, 1.54) is 21.0 Å². The molecule has 0 aliphatic heterocycles. The number of methoxy groups -OCH3 is 1. The average molecular weight is 413 g/mol. The Balaban J connectivity index is 1.82. The smallest absolute Gasteiger partial charge is 0.326 e. The van der Waals surface area contributed by atoms with Crippen molar-refractivity contribution in [3.8, 4) is 5.75 Å². The van der Waals surface area contributed by atoms with Crippen molar-refractivity contribution >= 4 is 35.1 Å². The van der Waals surface area contributed by atoms with Gasteiger partial charge in [0.25, 0.3) is 11.8 Å². The number of hydrogen-bond acceptors (Lipinski definition) is 6. The highest BCUT2D eigenvalue weighted by Crippen LogP contribution is 2.17. The summed E-state index contributed by atoms with van der Waals surface area (Å²) >= 11 is 0. The predicted molar refractivity (Wildman–Crippen MR) is 110 cm³/mol. The summed E-state index contributed by atoms with van der Waals surface area (Å²) in [5.41, 5.74) is 1.34. The van der Waals surface area contributed by atoms with E-state index in [2.05, 4.69) is 16.0 Å². The minimum Gasteiger partial charge on any atom is -0.496 e. The molecular formula is C21H23N3O6. The van der Waals surface area contributed by atoms with Gasteiger partial charge in [0.05, 0.1) is 12.7 Å². The number of anilines is 2. The lowest BCUT2D eigenvalue weighted by molar-refractivity contribution is -0.152. The van der Waals surface area contributed by atoms with E-state index in [0.717, 1.165) is 0 Å². The molecule has 3 amide bonds. The first-order valence-corrected chi connectivity index (χ1v) is 9.09. The number of ether oxygens (including phenoxy) is 2. The molecule has 0 spiro atoms. The first-order valence-electron chi connectivity index (χ1n) is 9.09. The number of rotatable bonds is 8. The normalized spacial score (nSPS) is 11.0. The van der Waals surface area contributed by atoms with Crippen molar-refractivity contribution in [2.24, 2.45) is 0 Å². The predicted octanol–water partition coefficient (Wildman–Crippen LogP) is 1.95. The van der Waals surface area contributed by atoms with E-state index in [4.69, 9.17) is 9.47 Å². The number of para-hydroxylation sites is 1. The van der Waals surface area contributed by atoms with Crippen LogP contribution in [-0.4, -0.2) is 43.4 Å². The summed E-state index contributed by atoms with van der Waals surface area (Å²) in [4.78, 5) is 47.3. The monoisotopic (exact) mass is 413 g/mol. The van der Waals surface area contributed by atoms with Gasteiger partial charge in [0, 0.05) is 18.3 Å². The second-order valence-corrected chi connectivity index (χ2v) is 6.26. The van der Waals surface area contributed by atoms with Crippen LogP contribution in [0.2, 0.25) is 0 Å². The summed E-state index contributed by atoms with van der Waals surface area (Å²) < 4.78 is 10.2. The Morgan fingerprint density at radius 3 is 2.13 bits per heavy atom. The summed E-state index contributed by atoms with van der Waals surface area (Å²) in [5.74, 6) is -1.62. The molecule has 0 fully saturated rings. The van der Waals surface area contributed by atoms with Crippen LogP contribution in [0.3, 0.4) is 0 Å². The van der Waals surface area contributed by atoms with Crippen molar-refractivity contribution in [3.05, 3.63) is 54.1 Å². The highest BCUT2D eigenvalue weighted by Gasteiger charge is 2.19. The molecule has 0 bridgehead atoms. The van der Waals surface area contributed by atoms with Crippen molar-refractivity contribution in [2.45, 2.75) is 20.0 Å². The van der Waals surface area contributed by atoms with E-state index in [0.29, 0.717) is 17.1 Å². The fourth-order valence-electron chi connectivity index (χ4n) is 2.46. The molecule has 0 saturated carbocycles. The molecule has 2 aromatic rings. The first kappa shape index (κ1) is 22.4. The molecule has 0 aromatic heterocycles. The molecule has 0 radical (unpaired) electrons. The topological polar surface area (TPSA) is 123 Å². The fourth-order valence-corrected chi connectivity index (χ4v) is 2.46. The molecule has 9 nitrogen and oxygen atoms in total. The Kier molecular flexibility index (Phi) is 7.92. The van der Waals surface area contributed by atoms with Gasteiger partial charge in [0.15, 0.2) is 6.10 Å². The first-order chi connectivity index (χ1) is 14.3. The number of amides is 3. The SMILES string of the molecule is COc1ccccc1C(=O)NCC(=O)O[C@@H](C)C(=O)Nc1ccc(NC(C)=O)cc1. The zero-order chi connectivity index (χ0) is 22.1. The molecule has 2 aromatic carbocycles. The van der Waals surface area contributed by atoms with Gasteiger partial charge in [-0.15, -0.1) is 0 Å². The summed E-state index contributed by atoms with van der Waals surface area (Å²) in [6, 6.07) is 13.0. The quantitative estimate of drug-likeness (QED) is 0.569. The lowest BCUT2D eigenvalue weighted by Gasteiger charge is -2.14. The zero-order valence-electron chi connectivity index (χ0n) is 16.9. The average Bonchev–Trinajstić information content (AvgIpc) is 2.72. The van der Waals surface area contributed by atoms with Gasteiger partial charge in [-0.2, -0.15) is 0 Å². The second-order valence-electron chi connectivity index (χ2n) is 6.26. The summed E-state index contributed by atoms with van der Waals surface area (Å²) in [7, 11) is 1.44. The zero-order valence-corrected chi connectivity index (χ0v) is 16.9. The summed E-state index contributed by atoms with van der Waals surface area (Å²) in [5, 5.41) is 7.64. The molecule has 158 valence electrons. The maximum atomic E-state index is 12.2. The third kappa shape index (κ3) is 6.62. The van der Waals surface area contributed by atoms with E-state index in [-0.39, 0.29) is 11.5 Å². The molecular weight excluding hydrogens is 390 g/mol. The van der Waals surface area contributed by atoms with Crippen LogP contribution in [0.25, 0.3) is 0 Å². The van der Waals surface area contributed by atoms with Crippen molar-refractivity contribution in [3.63, 3.8) is 0 Å². The molecule has 1 atom stereocenters. The minimum atomic E-state index is -1.07. The Morgan fingerprint density at radius 2 is 1.53 bits per heavy atom. The van der Waals surface area contributed by atoms with Crippen LogP contribution >= 0.6 is 0 Å². The lowest BCUT2D eigenvalue weighted by Crippen LogP contribution is -2.36. The van der Waals surface area contributed by atoms with Gasteiger partial charge in [0.1, 0.15) is 12.3 Å². The maximum absolute atomic E-state index is 12.2. The van der Waals surface area contributed by atoms with Crippen LogP contribution in [-0.2, 0) is 19.1 Å². The molecule has 30 heavy (non-hydrogen) atoms. The Morgan fingerprint density at radius 1 is 0.933 bits per heavy atom. The third-order valence-corrected chi connectivity index (χ3v) is 3.90. The van der Waals surface area contributed by atoms with Crippen LogP contribution < -0.4 is 20.7 Å². The number of hydrogen-bond donors (Lipinski definition) is 3. The standard InChI is InChI=1S/C21H23N3O6/c1-13(20(27)24-16-10-8-15(9-11-16)23-14(2)25)30-19(26)12-22-21(28)17-6-4-5-7-18(17)29-3/h4-11,13H,12H2,1-3H3,(H,22,28)(H,23,25)(H,24,27)/t13-/m0/s1. The van der Waals surface area contributed by atoms with E-state index in [9.17, 15) is 19.2 Å². The van der Waals surface area contributed by atoms with Crippen LogP contribution in [0.5, 0.6) is 5.75 Å². The molecule has 0 unspecified atom stereocenters. The van der Waals surface area contributed by atoms with Gasteiger partial charge in [-0.3, -0.25) is 19.2 Å². The van der Waals surface area contributed by atoms with E-state index >= 15 is 0 Å². The minimum absolute atomic E-state index is 0.204. The number of carbonyl (C=O) groups is 4. The van der Waals surface area contributed by atoms with Gasteiger partial charge in [-0.1, -0.05) is 12.1 Å². The fraction of sp³-hybridized carbons (Fsp3) is 0.238. The number of nitrogens with one attached hydrogen (secondary N) is 3. The van der Waals surface area contributed by atoms with Crippen LogP contribution in [0.15, 0.2) is 48.5 Å². The van der Waals surface area contributed by atoms with Gasteiger partial charge in [0.2, 0.25) is 5.91 Å². The van der Waals surface area contributed by atoms with Crippen molar-refractivity contribution in [1.82, 2.24) is 5.32 Å². The largest absolute Gasteiger partial charge is 0.496 e. The molecule has 2 rings (SSSR count). The Bertz CT molecular complexity index is 927. The highest BCUT2D eigenvalue weighted by atomic mass is 16.5. The van der Waals surface area contributed by atoms with E-state index in [1.54, 1.807) is 48.5 Å². The number of carbonyl (C=O) groups excluding carboxylic acids is 4. The lowest BCUT2D eigenvalue weighted by atomic mass is 10.2. The maximum Gasteiger partial charge on any atom is 0.326 e. The molecule has 9 heteroatoms. The van der Waals surface area contributed by atoms with Crippen LogP contribution in [0.1, 0.15) is 24.2 Å². The summed E-state index contributed by atoms with van der Waals surface area (Å²) in [6.45, 7) is 2.41. The Hall–Kier alpha value is -3.88. The van der Waals surface area contributed by atoms with Crippen molar-refractivity contribution < 1.29 is 28.7 Å². The van der Waals surface area contributed by atoms with Crippen molar-refractivity contribution in [2.75, 3.05) is 24.3 Å². The molecule has 0 heterocycles. The van der Waals surface area contributed by atoms with E-state index in [1.807, 2.05) is 0 Å². The van der Waals surface area contributed by atoms with Crippen molar-refractivity contribution in [1.29, 1.82) is 0 Å². The van der Waals surface area contributed by atoms with Crippen LogP contribution in [0.4, 0.5) is 11.4 Å². The molecule has 3 N–H and O–H groups in total. The summed E-state index contributed by atoms with van der Waals surface area (Å²) in [6.07, 6.45) is -1.07. The van der Waals surface area contributed by atoms with Gasteiger partial charge in [-0.05, 0) is 43.3 Å². The molecule has 0 aliphatic carbocycles. The van der Waals surface area contributed by atoms with Gasteiger partial charge < -0.3 is 25.4 Å².